The lowest BCUT2D eigenvalue weighted by atomic mass is 9.90. The molecule has 4 heteroatoms. The van der Waals surface area contributed by atoms with E-state index in [1.54, 1.807) is 7.11 Å². The maximum atomic E-state index is 10.7. The predicted octanol–water partition coefficient (Wildman–Crippen LogP) is 3.25. The Morgan fingerprint density at radius 3 is 2.50 bits per heavy atom. The normalized spacial score (nSPS) is 32.1. The van der Waals surface area contributed by atoms with Crippen molar-refractivity contribution in [3.8, 4) is 11.5 Å². The zero-order valence-electron chi connectivity index (χ0n) is 11.9. The topological polar surface area (TPSA) is 38.7 Å². The minimum Gasteiger partial charge on any atom is -0.493 e. The smallest absolute Gasteiger partial charge is 0.161 e. The van der Waals surface area contributed by atoms with E-state index in [2.05, 4.69) is 11.8 Å². The number of thioether (sulfide) groups is 1. The molecule has 0 amide bonds. The van der Waals surface area contributed by atoms with Crippen molar-refractivity contribution in [3.63, 3.8) is 0 Å². The Morgan fingerprint density at radius 2 is 1.85 bits per heavy atom. The molecule has 3 rings (SSSR count). The molecule has 0 aliphatic carbocycles. The first kappa shape index (κ1) is 14.1. The number of fused-ring (bicyclic) bond motifs is 2. The van der Waals surface area contributed by atoms with Crippen molar-refractivity contribution in [2.45, 2.75) is 48.2 Å². The summed E-state index contributed by atoms with van der Waals surface area (Å²) >= 11 is 2.07. The Kier molecular flexibility index (Phi) is 4.13. The molecule has 0 saturated carbocycles. The van der Waals surface area contributed by atoms with Crippen LogP contribution in [0.1, 0.15) is 32.1 Å². The van der Waals surface area contributed by atoms with Crippen LogP contribution in [0.5, 0.6) is 11.5 Å². The van der Waals surface area contributed by atoms with Gasteiger partial charge in [0.25, 0.3) is 0 Å². The first-order chi connectivity index (χ1) is 9.68. The van der Waals surface area contributed by atoms with Crippen LogP contribution < -0.4 is 9.47 Å². The van der Waals surface area contributed by atoms with E-state index in [0.29, 0.717) is 23.5 Å². The fourth-order valence-electron chi connectivity index (χ4n) is 3.30. The van der Waals surface area contributed by atoms with E-state index in [1.807, 2.05) is 24.3 Å². The summed E-state index contributed by atoms with van der Waals surface area (Å²) in [4.78, 5) is 0. The lowest BCUT2D eigenvalue weighted by Crippen LogP contribution is -2.38. The summed E-state index contributed by atoms with van der Waals surface area (Å²) < 4.78 is 11.1. The van der Waals surface area contributed by atoms with Gasteiger partial charge in [-0.25, -0.2) is 0 Å². The third-order valence-electron chi connectivity index (χ3n) is 4.30. The molecule has 0 spiro atoms. The summed E-state index contributed by atoms with van der Waals surface area (Å²) in [5, 5.41) is 12.0. The molecule has 110 valence electrons. The second-order valence-corrected chi connectivity index (χ2v) is 7.44. The van der Waals surface area contributed by atoms with Gasteiger partial charge in [-0.05, 0) is 37.8 Å². The Bertz CT molecular complexity index is 451. The minimum absolute atomic E-state index is 0.529. The van der Waals surface area contributed by atoms with Gasteiger partial charge in [-0.1, -0.05) is 12.1 Å². The van der Waals surface area contributed by atoms with Crippen LogP contribution in [0, 0.1) is 0 Å². The fourth-order valence-corrected chi connectivity index (χ4v) is 5.21. The molecule has 2 fully saturated rings. The highest BCUT2D eigenvalue weighted by Gasteiger charge is 2.43. The van der Waals surface area contributed by atoms with Crippen molar-refractivity contribution in [2.24, 2.45) is 0 Å². The Morgan fingerprint density at radius 1 is 1.20 bits per heavy atom. The molecule has 0 aromatic heterocycles. The van der Waals surface area contributed by atoms with Gasteiger partial charge in [0, 0.05) is 16.9 Å². The van der Waals surface area contributed by atoms with E-state index in [4.69, 9.17) is 9.47 Å². The number of para-hydroxylation sites is 2. The van der Waals surface area contributed by atoms with Gasteiger partial charge in [0.15, 0.2) is 11.5 Å². The summed E-state index contributed by atoms with van der Waals surface area (Å²) in [6, 6.07) is 7.66. The maximum absolute atomic E-state index is 10.7. The zero-order chi connectivity index (χ0) is 14.0. The Hall–Kier alpha value is -0.870. The largest absolute Gasteiger partial charge is 0.493 e. The van der Waals surface area contributed by atoms with Gasteiger partial charge >= 0.3 is 0 Å². The average Bonchev–Trinajstić information content (AvgIpc) is 2.79. The van der Waals surface area contributed by atoms with Crippen LogP contribution in [0.25, 0.3) is 0 Å². The summed E-state index contributed by atoms with van der Waals surface area (Å²) in [5.74, 6) is 1.51. The van der Waals surface area contributed by atoms with E-state index >= 15 is 0 Å². The first-order valence-electron chi connectivity index (χ1n) is 7.32. The van der Waals surface area contributed by atoms with E-state index in [0.717, 1.165) is 24.3 Å². The zero-order valence-corrected chi connectivity index (χ0v) is 12.7. The van der Waals surface area contributed by atoms with Crippen LogP contribution in [-0.4, -0.2) is 34.9 Å². The van der Waals surface area contributed by atoms with Gasteiger partial charge in [0.2, 0.25) is 0 Å². The third-order valence-corrected chi connectivity index (χ3v) is 5.88. The predicted molar refractivity (Wildman–Crippen MR) is 81.7 cm³/mol. The molecule has 3 nitrogen and oxygen atoms in total. The van der Waals surface area contributed by atoms with E-state index in [-0.39, 0.29) is 0 Å². The monoisotopic (exact) mass is 294 g/mol. The number of ether oxygens (including phenoxy) is 2. The molecule has 2 unspecified atom stereocenters. The molecule has 2 saturated heterocycles. The number of hydrogen-bond acceptors (Lipinski definition) is 4. The van der Waals surface area contributed by atoms with Crippen molar-refractivity contribution >= 4 is 11.8 Å². The second-order valence-electron chi connectivity index (χ2n) is 5.84. The molecule has 1 aromatic carbocycles. The molecular formula is C16H22O3S. The van der Waals surface area contributed by atoms with Gasteiger partial charge in [-0.3, -0.25) is 0 Å². The van der Waals surface area contributed by atoms with Gasteiger partial charge < -0.3 is 14.6 Å². The molecule has 20 heavy (non-hydrogen) atoms. The highest BCUT2D eigenvalue weighted by Crippen LogP contribution is 2.48. The number of rotatable bonds is 5. The van der Waals surface area contributed by atoms with Gasteiger partial charge in [0.05, 0.1) is 19.3 Å². The SMILES string of the molecule is COc1ccccc1OCCC1(O)CC2CCC(C1)S2. The summed E-state index contributed by atoms with van der Waals surface area (Å²) in [7, 11) is 1.64. The minimum atomic E-state index is -0.529. The lowest BCUT2D eigenvalue weighted by Gasteiger charge is -2.36. The third kappa shape index (κ3) is 3.07. The molecule has 2 bridgehead atoms. The Labute approximate surface area is 124 Å². The number of benzene rings is 1. The van der Waals surface area contributed by atoms with Crippen molar-refractivity contribution in [2.75, 3.05) is 13.7 Å². The van der Waals surface area contributed by atoms with Crippen molar-refractivity contribution in [3.05, 3.63) is 24.3 Å². The number of aliphatic hydroxyl groups is 1. The summed E-state index contributed by atoms with van der Waals surface area (Å²) in [6.45, 7) is 0.543. The summed E-state index contributed by atoms with van der Waals surface area (Å²) in [6.07, 6.45) is 5.08. The maximum Gasteiger partial charge on any atom is 0.161 e. The van der Waals surface area contributed by atoms with Crippen molar-refractivity contribution in [1.29, 1.82) is 0 Å². The standard InChI is InChI=1S/C16H22O3S/c1-18-14-4-2-3-5-15(14)19-9-8-16(17)10-12-6-7-13(11-16)20-12/h2-5,12-13,17H,6-11H2,1H3. The lowest BCUT2D eigenvalue weighted by molar-refractivity contribution is 0.00388. The van der Waals surface area contributed by atoms with Crippen molar-refractivity contribution in [1.82, 2.24) is 0 Å². The van der Waals surface area contributed by atoms with Crippen LogP contribution >= 0.6 is 11.8 Å². The molecule has 2 aliphatic rings. The quantitative estimate of drug-likeness (QED) is 0.904. The van der Waals surface area contributed by atoms with Crippen molar-refractivity contribution < 1.29 is 14.6 Å². The van der Waals surface area contributed by atoms with Crippen LogP contribution in [0.15, 0.2) is 24.3 Å². The molecule has 2 heterocycles. The van der Waals surface area contributed by atoms with Crippen LogP contribution in [0.2, 0.25) is 0 Å². The molecule has 0 radical (unpaired) electrons. The van der Waals surface area contributed by atoms with Gasteiger partial charge in [-0.2, -0.15) is 11.8 Å². The number of methoxy groups -OCH3 is 1. The van der Waals surface area contributed by atoms with Gasteiger partial charge in [0.1, 0.15) is 0 Å². The molecule has 2 atom stereocenters. The summed E-state index contributed by atoms with van der Waals surface area (Å²) in [5.41, 5.74) is -0.529. The molecule has 2 aliphatic heterocycles. The Balaban J connectivity index is 1.54. The van der Waals surface area contributed by atoms with E-state index in [9.17, 15) is 5.11 Å². The highest BCUT2D eigenvalue weighted by molar-refractivity contribution is 8.00. The van der Waals surface area contributed by atoms with E-state index in [1.165, 1.54) is 12.8 Å². The fraction of sp³-hybridized carbons (Fsp3) is 0.625. The van der Waals surface area contributed by atoms with Gasteiger partial charge in [-0.15, -0.1) is 0 Å². The van der Waals surface area contributed by atoms with Crippen LogP contribution in [0.3, 0.4) is 0 Å². The van der Waals surface area contributed by atoms with Crippen LogP contribution in [0.4, 0.5) is 0 Å². The molecule has 1 N–H and O–H groups in total. The molecule has 1 aromatic rings. The second kappa shape index (κ2) is 5.86. The number of hydrogen-bond donors (Lipinski definition) is 1. The average molecular weight is 294 g/mol. The van der Waals surface area contributed by atoms with Crippen LogP contribution in [-0.2, 0) is 0 Å². The first-order valence-corrected chi connectivity index (χ1v) is 8.26. The highest BCUT2D eigenvalue weighted by atomic mass is 32.2. The van der Waals surface area contributed by atoms with E-state index < -0.39 is 5.60 Å². The molecular weight excluding hydrogens is 272 g/mol.